The summed E-state index contributed by atoms with van der Waals surface area (Å²) in [6.07, 6.45) is 11.9. The van der Waals surface area contributed by atoms with Gasteiger partial charge in [0, 0.05) is 36.4 Å². The predicted molar refractivity (Wildman–Crippen MR) is 129 cm³/mol. The van der Waals surface area contributed by atoms with Crippen LogP contribution in [-0.4, -0.2) is 45.4 Å². The first kappa shape index (κ1) is 22.2. The Balaban J connectivity index is 1.30. The Morgan fingerprint density at radius 1 is 1.03 bits per heavy atom. The summed E-state index contributed by atoms with van der Waals surface area (Å²) in [6.45, 7) is 7.38. The zero-order valence-corrected chi connectivity index (χ0v) is 20.1. The number of rotatable bonds is 6. The maximum absolute atomic E-state index is 6.66. The maximum atomic E-state index is 6.66. The summed E-state index contributed by atoms with van der Waals surface area (Å²) in [6, 6.07) is 4.51. The fraction of sp³-hybridized carbons (Fsp3) is 0.600. The Bertz CT molecular complexity index is 961. The van der Waals surface area contributed by atoms with Crippen molar-refractivity contribution in [3.05, 3.63) is 52.0 Å². The van der Waals surface area contributed by atoms with Gasteiger partial charge in [-0.05, 0) is 50.9 Å². The molecule has 1 saturated heterocycles. The zero-order valence-electron chi connectivity index (χ0n) is 18.6. The van der Waals surface area contributed by atoms with Crippen molar-refractivity contribution in [2.24, 2.45) is 0 Å². The van der Waals surface area contributed by atoms with Gasteiger partial charge in [0.2, 0.25) is 0 Å². The van der Waals surface area contributed by atoms with E-state index in [2.05, 4.69) is 26.2 Å². The largest absolute Gasteiger partial charge is 0.489 e. The molecule has 0 bridgehead atoms. The number of hydrogen-bond acceptors (Lipinski definition) is 4. The van der Waals surface area contributed by atoms with Crippen molar-refractivity contribution in [1.29, 1.82) is 0 Å². The standard InChI is InChI=1S/C25H32Cl2N4O/c1-2-14-32-21-9-8-20(26)24(27)23(21)18-15-22-28-29-25(31(22)16-18)17-10-12-30(13-11-17)19-6-4-3-5-7-19/h2,8-9,17-19H,1,3-7,10-16H2. The molecule has 172 valence electrons. The van der Waals surface area contributed by atoms with Crippen LogP contribution < -0.4 is 4.74 Å². The molecule has 5 rings (SSSR count). The lowest BCUT2D eigenvalue weighted by molar-refractivity contribution is 0.120. The molecule has 2 fully saturated rings. The van der Waals surface area contributed by atoms with Crippen LogP contribution in [0, 0.1) is 0 Å². The van der Waals surface area contributed by atoms with Crippen LogP contribution >= 0.6 is 23.2 Å². The van der Waals surface area contributed by atoms with Crippen molar-refractivity contribution in [2.45, 2.75) is 75.8 Å². The van der Waals surface area contributed by atoms with E-state index in [-0.39, 0.29) is 5.92 Å². The van der Waals surface area contributed by atoms with E-state index in [1.54, 1.807) is 12.1 Å². The molecule has 1 aliphatic carbocycles. The Hall–Kier alpha value is -1.56. The van der Waals surface area contributed by atoms with Crippen LogP contribution in [0.1, 0.15) is 74.0 Å². The van der Waals surface area contributed by atoms with Crippen LogP contribution in [0.5, 0.6) is 5.75 Å². The number of benzene rings is 1. The molecule has 5 nitrogen and oxygen atoms in total. The number of aromatic nitrogens is 3. The third-order valence-corrected chi connectivity index (χ3v) is 8.35. The van der Waals surface area contributed by atoms with Gasteiger partial charge in [0.15, 0.2) is 0 Å². The van der Waals surface area contributed by atoms with E-state index in [9.17, 15) is 0 Å². The molecule has 32 heavy (non-hydrogen) atoms. The van der Waals surface area contributed by atoms with E-state index >= 15 is 0 Å². The molecule has 1 unspecified atom stereocenters. The van der Waals surface area contributed by atoms with Gasteiger partial charge in [-0.3, -0.25) is 0 Å². The van der Waals surface area contributed by atoms with Gasteiger partial charge >= 0.3 is 0 Å². The normalized spacial score (nSPS) is 22.8. The molecule has 1 aromatic carbocycles. The first-order valence-electron chi connectivity index (χ1n) is 12.0. The highest BCUT2D eigenvalue weighted by molar-refractivity contribution is 6.42. The molecule has 0 N–H and O–H groups in total. The SMILES string of the molecule is C=CCOc1ccc(Cl)c(Cl)c1C1Cc2nnc(C3CCN(C4CCCCC4)CC3)n2C1. The quantitative estimate of drug-likeness (QED) is 0.481. The summed E-state index contributed by atoms with van der Waals surface area (Å²) in [5.41, 5.74) is 0.976. The van der Waals surface area contributed by atoms with Crippen molar-refractivity contribution in [1.82, 2.24) is 19.7 Å². The molecule has 0 spiro atoms. The second-order valence-corrected chi connectivity index (χ2v) is 10.2. The third kappa shape index (κ3) is 4.32. The third-order valence-electron chi connectivity index (χ3n) is 7.53. The minimum Gasteiger partial charge on any atom is -0.489 e. The van der Waals surface area contributed by atoms with Crippen molar-refractivity contribution >= 4 is 23.2 Å². The summed E-state index contributed by atoms with van der Waals surface area (Å²) in [7, 11) is 0. The lowest BCUT2D eigenvalue weighted by atomic mass is 9.90. The summed E-state index contributed by atoms with van der Waals surface area (Å²) in [5.74, 6) is 3.65. The summed E-state index contributed by atoms with van der Waals surface area (Å²) in [4.78, 5) is 2.73. The van der Waals surface area contributed by atoms with Crippen molar-refractivity contribution in [3.8, 4) is 5.75 Å². The second-order valence-electron chi connectivity index (χ2n) is 9.46. The van der Waals surface area contributed by atoms with Gasteiger partial charge in [-0.15, -0.1) is 10.2 Å². The van der Waals surface area contributed by atoms with Crippen molar-refractivity contribution in [3.63, 3.8) is 0 Å². The van der Waals surface area contributed by atoms with Crippen LogP contribution in [-0.2, 0) is 13.0 Å². The van der Waals surface area contributed by atoms with Crippen molar-refractivity contribution < 1.29 is 4.74 Å². The Labute approximate surface area is 200 Å². The van der Waals surface area contributed by atoms with Crippen LogP contribution in [0.3, 0.4) is 0 Å². The van der Waals surface area contributed by atoms with Gasteiger partial charge in [-0.1, -0.05) is 55.1 Å². The maximum Gasteiger partial charge on any atom is 0.136 e. The highest BCUT2D eigenvalue weighted by Crippen LogP contribution is 2.43. The fourth-order valence-corrected chi connectivity index (χ4v) is 6.35. The van der Waals surface area contributed by atoms with E-state index < -0.39 is 0 Å². The lowest BCUT2D eigenvalue weighted by Gasteiger charge is -2.39. The summed E-state index contributed by atoms with van der Waals surface area (Å²) in [5, 5.41) is 10.3. The van der Waals surface area contributed by atoms with Gasteiger partial charge in [0.1, 0.15) is 24.0 Å². The molecule has 2 aliphatic heterocycles. The molecule has 7 heteroatoms. The van der Waals surface area contributed by atoms with Gasteiger partial charge < -0.3 is 14.2 Å². The summed E-state index contributed by atoms with van der Waals surface area (Å²) < 4.78 is 8.25. The highest BCUT2D eigenvalue weighted by atomic mass is 35.5. The van der Waals surface area contributed by atoms with Crippen LogP contribution in [0.25, 0.3) is 0 Å². The lowest BCUT2D eigenvalue weighted by Crippen LogP contribution is -2.42. The number of likely N-dealkylation sites (tertiary alicyclic amines) is 1. The Morgan fingerprint density at radius 3 is 2.56 bits per heavy atom. The second kappa shape index (κ2) is 9.74. The van der Waals surface area contributed by atoms with E-state index in [1.807, 2.05) is 6.07 Å². The topological polar surface area (TPSA) is 43.2 Å². The Kier molecular flexibility index (Phi) is 6.77. The number of ether oxygens (including phenoxy) is 1. The monoisotopic (exact) mass is 474 g/mol. The molecular formula is C25H32Cl2N4O. The molecule has 3 aliphatic rings. The number of hydrogen-bond donors (Lipinski definition) is 0. The zero-order chi connectivity index (χ0) is 22.1. The van der Waals surface area contributed by atoms with Gasteiger partial charge in [-0.2, -0.15) is 0 Å². The molecule has 2 aromatic rings. The smallest absolute Gasteiger partial charge is 0.136 e. The fourth-order valence-electron chi connectivity index (χ4n) is 5.87. The predicted octanol–water partition coefficient (Wildman–Crippen LogP) is 6.00. The molecule has 1 atom stereocenters. The number of fused-ring (bicyclic) bond motifs is 1. The van der Waals surface area contributed by atoms with E-state index in [4.69, 9.17) is 27.9 Å². The molecule has 3 heterocycles. The van der Waals surface area contributed by atoms with E-state index in [0.29, 0.717) is 22.6 Å². The minimum atomic E-state index is 0.188. The number of nitrogens with zero attached hydrogens (tertiary/aromatic N) is 4. The first-order valence-corrected chi connectivity index (χ1v) is 12.8. The van der Waals surface area contributed by atoms with E-state index in [0.717, 1.165) is 42.0 Å². The highest BCUT2D eigenvalue weighted by Gasteiger charge is 2.35. The molecular weight excluding hydrogens is 443 g/mol. The molecule has 1 saturated carbocycles. The van der Waals surface area contributed by atoms with Crippen LogP contribution in [0.2, 0.25) is 10.0 Å². The average Bonchev–Trinajstić information content (AvgIpc) is 3.41. The van der Waals surface area contributed by atoms with Crippen LogP contribution in [0.4, 0.5) is 0 Å². The van der Waals surface area contributed by atoms with Crippen LogP contribution in [0.15, 0.2) is 24.8 Å². The first-order chi connectivity index (χ1) is 15.7. The number of halogens is 2. The average molecular weight is 475 g/mol. The minimum absolute atomic E-state index is 0.188. The van der Waals surface area contributed by atoms with Gasteiger partial charge in [-0.25, -0.2) is 0 Å². The molecule has 0 radical (unpaired) electrons. The van der Waals surface area contributed by atoms with Crippen molar-refractivity contribution in [2.75, 3.05) is 19.7 Å². The molecule has 0 amide bonds. The van der Waals surface area contributed by atoms with E-state index in [1.165, 1.54) is 58.0 Å². The molecule has 1 aromatic heterocycles. The van der Waals surface area contributed by atoms with Gasteiger partial charge in [0.25, 0.3) is 0 Å². The Morgan fingerprint density at radius 2 is 1.81 bits per heavy atom. The summed E-state index contributed by atoms with van der Waals surface area (Å²) >= 11 is 13.0. The van der Waals surface area contributed by atoms with Gasteiger partial charge in [0.05, 0.1) is 10.0 Å². The number of piperidine rings is 1.